The quantitative estimate of drug-likeness (QED) is 0.615. The first kappa shape index (κ1) is 19.9. The van der Waals surface area contributed by atoms with Gasteiger partial charge in [-0.05, 0) is 36.4 Å². The fourth-order valence-electron chi connectivity index (χ4n) is 4.28. The number of nitrogens with one attached hydrogen (secondary N) is 1. The van der Waals surface area contributed by atoms with Crippen molar-refractivity contribution in [1.29, 1.82) is 5.26 Å². The third-order valence-corrected chi connectivity index (χ3v) is 5.93. The van der Waals surface area contributed by atoms with Gasteiger partial charge >= 0.3 is 0 Å². The molecule has 0 spiro atoms. The average Bonchev–Trinajstić information content (AvgIpc) is 3.01. The predicted octanol–water partition coefficient (Wildman–Crippen LogP) is 1.42. The maximum atomic E-state index is 13.1. The molecule has 154 valence electrons. The second-order valence-corrected chi connectivity index (χ2v) is 7.73. The average molecular weight is 406 g/mol. The molecule has 0 aliphatic carbocycles. The van der Waals surface area contributed by atoms with E-state index in [1.54, 1.807) is 12.1 Å². The zero-order valence-corrected chi connectivity index (χ0v) is 17.2. The summed E-state index contributed by atoms with van der Waals surface area (Å²) in [5, 5.41) is 9.78. The van der Waals surface area contributed by atoms with Gasteiger partial charge in [0.05, 0.1) is 37.6 Å². The number of carbonyl (C=O) groups excluding carboxylic acids is 1. The SMILES string of the molecule is CN1C(=C(C#N)C(=O)C[NH+]2CCN(c3ccc(F)cc3)CC2)N(C)c2ccccc21. The number of benzene rings is 2. The Kier molecular flexibility index (Phi) is 5.42. The Labute approximate surface area is 176 Å². The Bertz CT molecular complexity index is 988. The zero-order chi connectivity index (χ0) is 21.3. The molecule has 6 nitrogen and oxygen atoms in total. The second kappa shape index (κ2) is 8.17. The lowest BCUT2D eigenvalue weighted by Crippen LogP contribution is -3.15. The van der Waals surface area contributed by atoms with Crippen molar-refractivity contribution in [1.82, 2.24) is 0 Å². The summed E-state index contributed by atoms with van der Waals surface area (Å²) in [6.45, 7) is 3.46. The first-order valence-corrected chi connectivity index (χ1v) is 10.1. The number of carbonyl (C=O) groups is 1. The van der Waals surface area contributed by atoms with E-state index < -0.39 is 0 Å². The number of para-hydroxylation sites is 2. The molecule has 0 bridgehead atoms. The fraction of sp³-hybridized carbons (Fsp3) is 0.304. The Balaban J connectivity index is 1.44. The van der Waals surface area contributed by atoms with E-state index in [4.69, 9.17) is 0 Å². The third kappa shape index (κ3) is 3.62. The molecule has 4 rings (SSSR count). The summed E-state index contributed by atoms with van der Waals surface area (Å²) in [5.74, 6) is 0.256. The Morgan fingerprint density at radius 3 is 2.13 bits per heavy atom. The first-order valence-electron chi connectivity index (χ1n) is 10.1. The van der Waals surface area contributed by atoms with Crippen molar-refractivity contribution in [2.75, 3.05) is 61.5 Å². The standard InChI is InChI=1S/C23H24FN5O/c1-26-20-5-3-4-6-21(20)27(2)23(26)19(15-25)22(30)16-28-11-13-29(14-12-28)18-9-7-17(24)8-10-18/h3-10H,11-14,16H2,1-2H3/p+1. The van der Waals surface area contributed by atoms with Gasteiger partial charge in [-0.25, -0.2) is 4.39 Å². The van der Waals surface area contributed by atoms with Crippen molar-refractivity contribution < 1.29 is 14.1 Å². The van der Waals surface area contributed by atoms with Gasteiger partial charge in [0.15, 0.2) is 0 Å². The summed E-state index contributed by atoms with van der Waals surface area (Å²) in [6.07, 6.45) is 0. The first-order chi connectivity index (χ1) is 14.5. The van der Waals surface area contributed by atoms with Crippen molar-refractivity contribution in [3.05, 3.63) is 65.7 Å². The van der Waals surface area contributed by atoms with Crippen molar-refractivity contribution in [3.63, 3.8) is 0 Å². The van der Waals surface area contributed by atoms with Crippen molar-refractivity contribution >= 4 is 22.8 Å². The van der Waals surface area contributed by atoms with Gasteiger partial charge in [-0.1, -0.05) is 12.1 Å². The molecule has 0 amide bonds. The van der Waals surface area contributed by atoms with Crippen LogP contribution in [-0.2, 0) is 4.79 Å². The second-order valence-electron chi connectivity index (χ2n) is 7.73. The van der Waals surface area contributed by atoms with E-state index in [1.807, 2.05) is 48.2 Å². The number of hydrogen-bond acceptors (Lipinski definition) is 5. The molecule has 1 N–H and O–H groups in total. The highest BCUT2D eigenvalue weighted by molar-refractivity contribution is 6.03. The van der Waals surface area contributed by atoms with Crippen LogP contribution in [0.4, 0.5) is 21.5 Å². The van der Waals surface area contributed by atoms with Crippen LogP contribution in [0.1, 0.15) is 0 Å². The third-order valence-electron chi connectivity index (χ3n) is 5.93. The largest absolute Gasteiger partial charge is 0.360 e. The summed E-state index contributed by atoms with van der Waals surface area (Å²) in [4.78, 5) is 20.2. The lowest BCUT2D eigenvalue weighted by atomic mass is 10.1. The maximum Gasteiger partial charge on any atom is 0.231 e. The molecule has 0 saturated carbocycles. The zero-order valence-electron chi connectivity index (χ0n) is 17.2. The summed E-state index contributed by atoms with van der Waals surface area (Å²) in [5.41, 5.74) is 3.16. The van der Waals surface area contributed by atoms with Crippen LogP contribution < -0.4 is 19.6 Å². The van der Waals surface area contributed by atoms with E-state index in [2.05, 4.69) is 11.0 Å². The maximum absolute atomic E-state index is 13.1. The number of nitrogens with zero attached hydrogens (tertiary/aromatic N) is 4. The van der Waals surface area contributed by atoms with E-state index in [0.717, 1.165) is 48.1 Å². The van der Waals surface area contributed by atoms with Gasteiger partial charge in [-0.15, -0.1) is 0 Å². The van der Waals surface area contributed by atoms with Crippen LogP contribution in [-0.4, -0.2) is 52.6 Å². The molecule has 2 aliphatic heterocycles. The molecule has 2 heterocycles. The van der Waals surface area contributed by atoms with Gasteiger partial charge < -0.3 is 19.6 Å². The van der Waals surface area contributed by atoms with E-state index in [-0.39, 0.29) is 17.2 Å². The van der Waals surface area contributed by atoms with Crippen LogP contribution in [0.5, 0.6) is 0 Å². The molecular weight excluding hydrogens is 381 g/mol. The van der Waals surface area contributed by atoms with Gasteiger partial charge in [0.1, 0.15) is 29.8 Å². The number of anilines is 3. The number of ketones is 1. The number of fused-ring (bicyclic) bond motifs is 1. The molecular formula is C23H25FN5O+. The number of rotatable bonds is 4. The van der Waals surface area contributed by atoms with E-state index in [1.165, 1.54) is 12.1 Å². The van der Waals surface area contributed by atoms with Crippen LogP contribution in [0.25, 0.3) is 0 Å². The molecule has 2 aromatic carbocycles. The molecule has 2 aromatic rings. The van der Waals surface area contributed by atoms with E-state index in [9.17, 15) is 14.4 Å². The highest BCUT2D eigenvalue weighted by Crippen LogP contribution is 2.40. The molecule has 0 atom stereocenters. The monoisotopic (exact) mass is 406 g/mol. The lowest BCUT2D eigenvalue weighted by molar-refractivity contribution is -0.892. The molecule has 0 unspecified atom stereocenters. The fourth-order valence-corrected chi connectivity index (χ4v) is 4.28. The Morgan fingerprint density at radius 1 is 1.03 bits per heavy atom. The highest BCUT2D eigenvalue weighted by Gasteiger charge is 2.33. The van der Waals surface area contributed by atoms with Crippen LogP contribution in [0.3, 0.4) is 0 Å². The minimum absolute atomic E-state index is 0.135. The van der Waals surface area contributed by atoms with Crippen LogP contribution in [0, 0.1) is 17.1 Å². The number of Topliss-reactive ketones (excluding diaryl/α,β-unsaturated/α-hetero) is 1. The van der Waals surface area contributed by atoms with Crippen molar-refractivity contribution in [2.24, 2.45) is 0 Å². The lowest BCUT2D eigenvalue weighted by Gasteiger charge is -2.33. The van der Waals surface area contributed by atoms with Gasteiger partial charge in [0, 0.05) is 19.8 Å². The number of quaternary nitrogens is 1. The van der Waals surface area contributed by atoms with Crippen LogP contribution >= 0.6 is 0 Å². The van der Waals surface area contributed by atoms with Gasteiger partial charge in [-0.2, -0.15) is 5.26 Å². The minimum atomic E-state index is -0.241. The van der Waals surface area contributed by atoms with E-state index in [0.29, 0.717) is 12.4 Å². The Hall–Kier alpha value is -3.37. The van der Waals surface area contributed by atoms with Crippen molar-refractivity contribution in [3.8, 4) is 6.07 Å². The smallest absolute Gasteiger partial charge is 0.231 e. The highest BCUT2D eigenvalue weighted by atomic mass is 19.1. The topological polar surface area (TPSA) is 55.0 Å². The van der Waals surface area contributed by atoms with Gasteiger partial charge in [0.25, 0.3) is 0 Å². The van der Waals surface area contributed by atoms with E-state index >= 15 is 0 Å². The molecule has 0 aromatic heterocycles. The van der Waals surface area contributed by atoms with Crippen LogP contribution in [0.2, 0.25) is 0 Å². The number of nitriles is 1. The predicted molar refractivity (Wildman–Crippen MR) is 115 cm³/mol. The summed E-state index contributed by atoms with van der Waals surface area (Å²) in [6, 6.07) is 16.5. The normalized spacial score (nSPS) is 16.5. The Morgan fingerprint density at radius 2 is 1.60 bits per heavy atom. The summed E-state index contributed by atoms with van der Waals surface area (Å²) < 4.78 is 13.1. The summed E-state index contributed by atoms with van der Waals surface area (Å²) >= 11 is 0. The van der Waals surface area contributed by atoms with Crippen molar-refractivity contribution in [2.45, 2.75) is 0 Å². The minimum Gasteiger partial charge on any atom is -0.360 e. The molecule has 30 heavy (non-hydrogen) atoms. The number of hydrogen-bond donors (Lipinski definition) is 1. The van der Waals surface area contributed by atoms with Gasteiger partial charge in [0.2, 0.25) is 5.78 Å². The molecule has 7 heteroatoms. The number of piperazine rings is 1. The molecule has 2 aliphatic rings. The molecule has 1 fully saturated rings. The summed E-state index contributed by atoms with van der Waals surface area (Å²) in [7, 11) is 3.77. The molecule has 1 saturated heterocycles. The van der Waals surface area contributed by atoms with Gasteiger partial charge in [-0.3, -0.25) is 4.79 Å². The number of halogens is 1. The van der Waals surface area contributed by atoms with Crippen LogP contribution in [0.15, 0.2) is 59.9 Å². The molecule has 0 radical (unpaired) electrons.